The maximum absolute atomic E-state index is 11.2. The van der Waals surface area contributed by atoms with E-state index < -0.39 is 10.9 Å². The van der Waals surface area contributed by atoms with Gasteiger partial charge >= 0.3 is 5.97 Å². The first-order valence-electron chi connectivity index (χ1n) is 6.37. The lowest BCUT2D eigenvalue weighted by molar-refractivity contribution is -0.384. The minimum absolute atomic E-state index is 0.0247. The predicted octanol–water partition coefficient (Wildman–Crippen LogP) is 3.66. The first-order chi connectivity index (χ1) is 9.49. The van der Waals surface area contributed by atoms with Crippen molar-refractivity contribution in [3.63, 3.8) is 0 Å². The second-order valence-electron chi connectivity index (χ2n) is 4.74. The Kier molecular flexibility index (Phi) is 4.44. The van der Waals surface area contributed by atoms with E-state index in [9.17, 15) is 14.9 Å². The SMILES string of the molecule is O=C(O)c1cc([N+](=O)[O-])cc(Cl)c1OC1CCCCC1. The van der Waals surface area contributed by atoms with E-state index >= 15 is 0 Å². The van der Waals surface area contributed by atoms with Gasteiger partial charge in [0, 0.05) is 12.1 Å². The Morgan fingerprint density at radius 2 is 2.00 bits per heavy atom. The van der Waals surface area contributed by atoms with Gasteiger partial charge in [0.15, 0.2) is 5.75 Å². The molecule has 7 heteroatoms. The van der Waals surface area contributed by atoms with Gasteiger partial charge in [0.05, 0.1) is 16.0 Å². The third-order valence-corrected chi connectivity index (χ3v) is 3.59. The van der Waals surface area contributed by atoms with E-state index in [1.807, 2.05) is 0 Å². The van der Waals surface area contributed by atoms with Gasteiger partial charge in [-0.05, 0) is 25.7 Å². The molecule has 0 aliphatic heterocycles. The highest BCUT2D eigenvalue weighted by Crippen LogP contribution is 2.35. The number of hydrogen-bond acceptors (Lipinski definition) is 4. The molecule has 0 amide bonds. The number of benzene rings is 1. The predicted molar refractivity (Wildman–Crippen MR) is 72.6 cm³/mol. The Morgan fingerprint density at radius 3 is 2.55 bits per heavy atom. The number of carbonyl (C=O) groups is 1. The van der Waals surface area contributed by atoms with Crippen molar-refractivity contribution in [3.05, 3.63) is 32.8 Å². The quantitative estimate of drug-likeness (QED) is 0.677. The zero-order chi connectivity index (χ0) is 14.7. The number of ether oxygens (including phenoxy) is 1. The first-order valence-corrected chi connectivity index (χ1v) is 6.74. The Morgan fingerprint density at radius 1 is 1.35 bits per heavy atom. The second kappa shape index (κ2) is 6.09. The van der Waals surface area contributed by atoms with E-state index in [0.717, 1.165) is 44.2 Å². The lowest BCUT2D eigenvalue weighted by Crippen LogP contribution is -2.21. The first kappa shape index (κ1) is 14.6. The Bertz CT molecular complexity index is 540. The fourth-order valence-corrected chi connectivity index (χ4v) is 2.57. The Labute approximate surface area is 120 Å². The Hall–Kier alpha value is -1.82. The zero-order valence-electron chi connectivity index (χ0n) is 10.7. The third-order valence-electron chi connectivity index (χ3n) is 3.31. The molecule has 0 radical (unpaired) electrons. The maximum Gasteiger partial charge on any atom is 0.339 e. The third kappa shape index (κ3) is 3.19. The van der Waals surface area contributed by atoms with Crippen LogP contribution in [0.25, 0.3) is 0 Å². The van der Waals surface area contributed by atoms with Gasteiger partial charge in [-0.1, -0.05) is 18.0 Å². The van der Waals surface area contributed by atoms with Crippen LogP contribution < -0.4 is 4.74 Å². The molecule has 1 aromatic carbocycles. The zero-order valence-corrected chi connectivity index (χ0v) is 11.4. The molecule has 108 valence electrons. The molecule has 0 bridgehead atoms. The molecule has 1 aliphatic rings. The van der Waals surface area contributed by atoms with Crippen LogP contribution in [-0.4, -0.2) is 22.1 Å². The number of carboxylic acid groups (broad SMARTS) is 1. The normalized spacial score (nSPS) is 15.8. The summed E-state index contributed by atoms with van der Waals surface area (Å²) in [7, 11) is 0. The summed E-state index contributed by atoms with van der Waals surface area (Å²) in [5.41, 5.74) is -0.627. The van der Waals surface area contributed by atoms with E-state index in [4.69, 9.17) is 21.4 Å². The molecule has 0 aromatic heterocycles. The number of halogens is 1. The molecule has 1 saturated carbocycles. The number of rotatable bonds is 4. The fraction of sp³-hybridized carbons (Fsp3) is 0.462. The highest BCUT2D eigenvalue weighted by Gasteiger charge is 2.24. The van der Waals surface area contributed by atoms with Crippen molar-refractivity contribution in [2.45, 2.75) is 38.2 Å². The van der Waals surface area contributed by atoms with Crippen LogP contribution >= 0.6 is 11.6 Å². The molecule has 0 unspecified atom stereocenters. The average molecular weight is 300 g/mol. The number of carboxylic acids is 1. The summed E-state index contributed by atoms with van der Waals surface area (Å²) in [6.07, 6.45) is 4.79. The summed E-state index contributed by atoms with van der Waals surface area (Å²) in [6, 6.07) is 2.10. The van der Waals surface area contributed by atoms with Crippen LogP contribution in [0.4, 0.5) is 5.69 Å². The van der Waals surface area contributed by atoms with E-state index in [-0.39, 0.29) is 28.1 Å². The van der Waals surface area contributed by atoms with E-state index in [1.54, 1.807) is 0 Å². The number of nitro groups is 1. The molecular weight excluding hydrogens is 286 g/mol. The van der Waals surface area contributed by atoms with Gasteiger partial charge in [-0.3, -0.25) is 10.1 Å². The monoisotopic (exact) mass is 299 g/mol. The summed E-state index contributed by atoms with van der Waals surface area (Å²) in [4.78, 5) is 21.3. The minimum atomic E-state index is -1.29. The van der Waals surface area contributed by atoms with Gasteiger partial charge in [0.25, 0.3) is 5.69 Å². The summed E-state index contributed by atoms with van der Waals surface area (Å²) < 4.78 is 5.68. The largest absolute Gasteiger partial charge is 0.488 e. The number of non-ortho nitro benzene ring substituents is 1. The smallest absolute Gasteiger partial charge is 0.339 e. The number of nitrogens with zero attached hydrogens (tertiary/aromatic N) is 1. The van der Waals surface area contributed by atoms with Crippen molar-refractivity contribution >= 4 is 23.3 Å². The van der Waals surface area contributed by atoms with Gasteiger partial charge in [0.1, 0.15) is 5.56 Å². The summed E-state index contributed by atoms with van der Waals surface area (Å²) >= 11 is 5.95. The van der Waals surface area contributed by atoms with Gasteiger partial charge in [-0.2, -0.15) is 0 Å². The molecule has 0 spiro atoms. The van der Waals surface area contributed by atoms with Crippen LogP contribution in [0.5, 0.6) is 5.75 Å². The molecule has 1 aromatic rings. The molecule has 6 nitrogen and oxygen atoms in total. The van der Waals surface area contributed by atoms with Gasteiger partial charge in [0.2, 0.25) is 0 Å². The maximum atomic E-state index is 11.2. The molecule has 2 rings (SSSR count). The van der Waals surface area contributed by atoms with Crippen molar-refractivity contribution in [1.82, 2.24) is 0 Å². The van der Waals surface area contributed by atoms with Crippen LogP contribution in [0.2, 0.25) is 5.02 Å². The van der Waals surface area contributed by atoms with Gasteiger partial charge in [-0.25, -0.2) is 4.79 Å². The van der Waals surface area contributed by atoms with Crippen molar-refractivity contribution < 1.29 is 19.6 Å². The molecule has 1 fully saturated rings. The molecule has 0 heterocycles. The number of aromatic carboxylic acids is 1. The number of hydrogen-bond donors (Lipinski definition) is 1. The minimum Gasteiger partial charge on any atom is -0.488 e. The van der Waals surface area contributed by atoms with Gasteiger partial charge < -0.3 is 9.84 Å². The van der Waals surface area contributed by atoms with Crippen molar-refractivity contribution in [2.75, 3.05) is 0 Å². The fourth-order valence-electron chi connectivity index (χ4n) is 2.31. The van der Waals surface area contributed by atoms with Crippen LogP contribution in [0.3, 0.4) is 0 Å². The molecule has 1 aliphatic carbocycles. The highest BCUT2D eigenvalue weighted by atomic mass is 35.5. The Balaban J connectivity index is 2.35. The van der Waals surface area contributed by atoms with Gasteiger partial charge in [-0.15, -0.1) is 0 Å². The number of nitro benzene ring substituents is 1. The van der Waals surface area contributed by atoms with E-state index in [0.29, 0.717) is 0 Å². The average Bonchev–Trinajstić information content (AvgIpc) is 2.41. The van der Waals surface area contributed by atoms with Crippen molar-refractivity contribution in [1.29, 1.82) is 0 Å². The topological polar surface area (TPSA) is 89.7 Å². The van der Waals surface area contributed by atoms with Crippen molar-refractivity contribution in [2.24, 2.45) is 0 Å². The molecular formula is C13H14ClNO5. The molecule has 1 N–H and O–H groups in total. The second-order valence-corrected chi connectivity index (χ2v) is 5.15. The lowest BCUT2D eigenvalue weighted by atomic mass is 9.97. The molecule has 0 atom stereocenters. The van der Waals surface area contributed by atoms with Crippen LogP contribution in [0, 0.1) is 10.1 Å². The standard InChI is InChI=1S/C13H14ClNO5/c14-11-7-8(15(18)19)6-10(13(16)17)12(11)20-9-4-2-1-3-5-9/h6-7,9H,1-5H2,(H,16,17). The molecule has 20 heavy (non-hydrogen) atoms. The lowest BCUT2D eigenvalue weighted by Gasteiger charge is -2.24. The molecule has 0 saturated heterocycles. The van der Waals surface area contributed by atoms with Crippen LogP contribution in [0.15, 0.2) is 12.1 Å². The summed E-state index contributed by atoms with van der Waals surface area (Å²) in [5.74, 6) is -1.27. The summed E-state index contributed by atoms with van der Waals surface area (Å²) in [6.45, 7) is 0. The van der Waals surface area contributed by atoms with E-state index in [2.05, 4.69) is 0 Å². The van der Waals surface area contributed by atoms with Crippen LogP contribution in [0.1, 0.15) is 42.5 Å². The van der Waals surface area contributed by atoms with Crippen molar-refractivity contribution in [3.8, 4) is 5.75 Å². The van der Waals surface area contributed by atoms with Crippen LogP contribution in [-0.2, 0) is 0 Å². The van der Waals surface area contributed by atoms with E-state index in [1.165, 1.54) is 0 Å². The highest BCUT2D eigenvalue weighted by molar-refractivity contribution is 6.32. The summed E-state index contributed by atoms with van der Waals surface area (Å²) in [5, 5.41) is 19.9.